The van der Waals surface area contributed by atoms with Crippen LogP contribution in [-0.2, 0) is 0 Å². The van der Waals surface area contributed by atoms with Gasteiger partial charge in [0.2, 0.25) is 0 Å². The Bertz CT molecular complexity index is 902. The third-order valence-electron chi connectivity index (χ3n) is 4.97. The molecule has 3 aromatic rings. The Morgan fingerprint density at radius 2 is 1.79 bits per heavy atom. The number of nitrogens with one attached hydrogen (secondary N) is 1. The predicted octanol–water partition coefficient (Wildman–Crippen LogP) is 3.86. The van der Waals surface area contributed by atoms with Gasteiger partial charge in [-0.25, -0.2) is 9.67 Å². The Labute approximate surface area is 140 Å². The van der Waals surface area contributed by atoms with Crippen LogP contribution in [0, 0.1) is 6.92 Å². The molecule has 5 heteroatoms. The zero-order valence-corrected chi connectivity index (χ0v) is 14.0. The van der Waals surface area contributed by atoms with E-state index in [1.807, 2.05) is 37.3 Å². The third kappa shape index (κ3) is 2.64. The van der Waals surface area contributed by atoms with E-state index in [1.54, 1.807) is 4.68 Å². The highest BCUT2D eigenvalue weighted by Gasteiger charge is 2.21. The van der Waals surface area contributed by atoms with Crippen molar-refractivity contribution < 1.29 is 0 Å². The summed E-state index contributed by atoms with van der Waals surface area (Å²) >= 11 is 0. The van der Waals surface area contributed by atoms with Crippen LogP contribution in [0.2, 0.25) is 0 Å². The molecule has 0 saturated heterocycles. The monoisotopic (exact) mass is 322 g/mol. The third-order valence-corrected chi connectivity index (χ3v) is 4.97. The van der Waals surface area contributed by atoms with Crippen molar-refractivity contribution in [2.75, 3.05) is 0 Å². The van der Waals surface area contributed by atoms with Gasteiger partial charge in [0.25, 0.3) is 5.56 Å². The van der Waals surface area contributed by atoms with Crippen molar-refractivity contribution >= 4 is 11.0 Å². The molecule has 1 saturated carbocycles. The lowest BCUT2D eigenvalue weighted by atomic mass is 9.99. The molecule has 0 bridgehead atoms. The molecule has 124 valence electrons. The Hall–Kier alpha value is -2.43. The highest BCUT2D eigenvalue weighted by atomic mass is 16.1. The summed E-state index contributed by atoms with van der Waals surface area (Å²) in [4.78, 5) is 20.5. The van der Waals surface area contributed by atoms with Crippen molar-refractivity contribution in [3.8, 4) is 5.69 Å². The topological polar surface area (TPSA) is 63.6 Å². The van der Waals surface area contributed by atoms with Gasteiger partial charge in [-0.1, -0.05) is 43.9 Å². The quantitative estimate of drug-likeness (QED) is 0.729. The number of rotatable bonds is 2. The zero-order chi connectivity index (χ0) is 16.5. The second-order valence-corrected chi connectivity index (χ2v) is 6.67. The number of aromatic amines is 1. The highest BCUT2D eigenvalue weighted by molar-refractivity contribution is 5.78. The van der Waals surface area contributed by atoms with E-state index >= 15 is 0 Å². The van der Waals surface area contributed by atoms with Crippen molar-refractivity contribution in [2.24, 2.45) is 0 Å². The van der Waals surface area contributed by atoms with Crippen LogP contribution in [0.15, 0.2) is 35.1 Å². The van der Waals surface area contributed by atoms with Crippen molar-refractivity contribution in [3.05, 3.63) is 52.2 Å². The minimum Gasteiger partial charge on any atom is -0.310 e. The van der Waals surface area contributed by atoms with Crippen LogP contribution in [0.1, 0.15) is 56.0 Å². The van der Waals surface area contributed by atoms with E-state index in [2.05, 4.69) is 10.1 Å². The molecule has 0 unspecified atom stereocenters. The first-order chi connectivity index (χ1) is 11.7. The molecule has 0 spiro atoms. The number of fused-ring (bicyclic) bond motifs is 1. The van der Waals surface area contributed by atoms with Gasteiger partial charge in [0.15, 0.2) is 5.65 Å². The van der Waals surface area contributed by atoms with Gasteiger partial charge in [0.1, 0.15) is 11.2 Å². The SMILES string of the molecule is Cc1nn(-c2ccccc2)c2nc(C3CCCCCC3)[nH]c(=O)c12. The van der Waals surface area contributed by atoms with E-state index in [-0.39, 0.29) is 5.56 Å². The lowest BCUT2D eigenvalue weighted by Crippen LogP contribution is -2.15. The lowest BCUT2D eigenvalue weighted by molar-refractivity contribution is 0.560. The van der Waals surface area contributed by atoms with E-state index in [4.69, 9.17) is 4.98 Å². The summed E-state index contributed by atoms with van der Waals surface area (Å²) < 4.78 is 1.79. The molecule has 0 atom stereocenters. The van der Waals surface area contributed by atoms with Gasteiger partial charge < -0.3 is 4.98 Å². The molecule has 1 aliphatic carbocycles. The summed E-state index contributed by atoms with van der Waals surface area (Å²) in [6.45, 7) is 1.87. The van der Waals surface area contributed by atoms with Crippen LogP contribution in [0.4, 0.5) is 0 Å². The van der Waals surface area contributed by atoms with Crippen LogP contribution in [-0.4, -0.2) is 19.7 Å². The van der Waals surface area contributed by atoms with E-state index < -0.39 is 0 Å². The molecular weight excluding hydrogens is 300 g/mol. The maximum absolute atomic E-state index is 12.6. The van der Waals surface area contributed by atoms with Gasteiger partial charge in [-0.05, 0) is 31.9 Å². The number of hydrogen-bond acceptors (Lipinski definition) is 3. The molecule has 1 fully saturated rings. The van der Waals surface area contributed by atoms with Gasteiger partial charge in [0.05, 0.1) is 11.4 Å². The van der Waals surface area contributed by atoms with Crippen molar-refractivity contribution in [1.29, 1.82) is 0 Å². The molecule has 0 radical (unpaired) electrons. The number of aryl methyl sites for hydroxylation is 1. The maximum atomic E-state index is 12.6. The Morgan fingerprint density at radius 3 is 2.50 bits per heavy atom. The predicted molar refractivity (Wildman–Crippen MR) is 94.7 cm³/mol. The molecule has 0 aliphatic heterocycles. The van der Waals surface area contributed by atoms with Gasteiger partial charge in [-0.15, -0.1) is 0 Å². The smallest absolute Gasteiger partial charge is 0.262 e. The van der Waals surface area contributed by atoms with E-state index in [0.29, 0.717) is 17.0 Å². The molecule has 1 aromatic carbocycles. The fraction of sp³-hybridized carbons (Fsp3) is 0.421. The molecule has 24 heavy (non-hydrogen) atoms. The van der Waals surface area contributed by atoms with E-state index in [9.17, 15) is 4.79 Å². The average molecular weight is 322 g/mol. The summed E-state index contributed by atoms with van der Waals surface area (Å²) in [5, 5.41) is 5.15. The van der Waals surface area contributed by atoms with Crippen molar-refractivity contribution in [3.63, 3.8) is 0 Å². The number of nitrogens with zero attached hydrogens (tertiary/aromatic N) is 3. The first-order valence-corrected chi connectivity index (χ1v) is 8.79. The van der Waals surface area contributed by atoms with Crippen LogP contribution < -0.4 is 5.56 Å². The molecule has 1 aliphatic rings. The first kappa shape index (κ1) is 15.1. The number of H-pyrrole nitrogens is 1. The van der Waals surface area contributed by atoms with Crippen LogP contribution >= 0.6 is 0 Å². The van der Waals surface area contributed by atoms with E-state index in [0.717, 1.165) is 30.0 Å². The van der Waals surface area contributed by atoms with Crippen molar-refractivity contribution in [2.45, 2.75) is 51.4 Å². The normalized spacial score (nSPS) is 16.4. The van der Waals surface area contributed by atoms with Crippen LogP contribution in [0.25, 0.3) is 16.7 Å². The van der Waals surface area contributed by atoms with Gasteiger partial charge >= 0.3 is 0 Å². The second kappa shape index (κ2) is 6.23. The number of aromatic nitrogens is 4. The average Bonchev–Trinajstić information content (AvgIpc) is 2.78. The fourth-order valence-corrected chi connectivity index (χ4v) is 3.70. The molecule has 4 rings (SSSR count). The molecule has 0 amide bonds. The molecular formula is C19H22N4O. The maximum Gasteiger partial charge on any atom is 0.262 e. The van der Waals surface area contributed by atoms with Gasteiger partial charge in [-0.2, -0.15) is 5.10 Å². The van der Waals surface area contributed by atoms with Crippen LogP contribution in [0.3, 0.4) is 0 Å². The summed E-state index contributed by atoms with van der Waals surface area (Å²) in [7, 11) is 0. The van der Waals surface area contributed by atoms with E-state index in [1.165, 1.54) is 25.7 Å². The number of para-hydroxylation sites is 1. The molecule has 2 heterocycles. The summed E-state index contributed by atoms with van der Waals surface area (Å²) in [6.07, 6.45) is 7.20. The number of hydrogen-bond donors (Lipinski definition) is 1. The number of benzene rings is 1. The Kier molecular flexibility index (Phi) is 3.92. The Balaban J connectivity index is 1.88. The largest absolute Gasteiger partial charge is 0.310 e. The van der Waals surface area contributed by atoms with Gasteiger partial charge in [-0.3, -0.25) is 4.79 Å². The van der Waals surface area contributed by atoms with Crippen molar-refractivity contribution in [1.82, 2.24) is 19.7 Å². The minimum absolute atomic E-state index is 0.0704. The van der Waals surface area contributed by atoms with Crippen LogP contribution in [0.5, 0.6) is 0 Å². The highest BCUT2D eigenvalue weighted by Crippen LogP contribution is 2.30. The zero-order valence-electron chi connectivity index (χ0n) is 14.0. The first-order valence-electron chi connectivity index (χ1n) is 8.79. The summed E-state index contributed by atoms with van der Waals surface area (Å²) in [6, 6.07) is 9.88. The van der Waals surface area contributed by atoms with Gasteiger partial charge in [0, 0.05) is 5.92 Å². The standard InChI is InChI=1S/C19H22N4O/c1-13-16-18(23(22-13)15-11-7-4-8-12-15)20-17(21-19(16)24)14-9-5-2-3-6-10-14/h4,7-8,11-12,14H,2-3,5-6,9-10H2,1H3,(H,20,21,24). The summed E-state index contributed by atoms with van der Waals surface area (Å²) in [5.74, 6) is 1.18. The fourth-order valence-electron chi connectivity index (χ4n) is 3.70. The summed E-state index contributed by atoms with van der Waals surface area (Å²) in [5.41, 5.74) is 2.25. The lowest BCUT2D eigenvalue weighted by Gasteiger charge is -2.13. The molecule has 5 nitrogen and oxygen atoms in total. The Morgan fingerprint density at radius 1 is 1.08 bits per heavy atom. The molecule has 1 N–H and O–H groups in total. The second-order valence-electron chi connectivity index (χ2n) is 6.67. The minimum atomic E-state index is -0.0704. The molecule has 2 aromatic heterocycles.